The van der Waals surface area contributed by atoms with E-state index < -0.39 is 10.0 Å². The summed E-state index contributed by atoms with van der Waals surface area (Å²) in [7, 11) is -3.75. The second-order valence-electron chi connectivity index (χ2n) is 6.27. The van der Waals surface area contributed by atoms with Crippen molar-refractivity contribution in [2.45, 2.75) is 25.7 Å². The van der Waals surface area contributed by atoms with Gasteiger partial charge in [0.15, 0.2) is 0 Å². The lowest BCUT2D eigenvalue weighted by molar-refractivity contribution is 0.102. The number of hydrogen-bond donors (Lipinski definition) is 2. The van der Waals surface area contributed by atoms with Crippen LogP contribution in [-0.2, 0) is 10.0 Å². The van der Waals surface area contributed by atoms with Crippen LogP contribution in [0, 0.1) is 0 Å². The van der Waals surface area contributed by atoms with E-state index in [4.69, 9.17) is 4.74 Å². The minimum absolute atomic E-state index is 0.0323. The standard InChI is InChI=1S/C20H24N4O4S/c1-4-24(5-2)29(26,27)19-12-15(8-10-18(19)28-6-3)23-20(25)14-7-9-16-17(11-14)22-13-21-16/h7-13H,4-6H2,1-3H3,(H,21,22)(H,23,25). The molecule has 1 aromatic heterocycles. The number of nitrogens with one attached hydrogen (secondary N) is 2. The molecule has 0 bridgehead atoms. The van der Waals surface area contributed by atoms with Gasteiger partial charge in [-0.2, -0.15) is 4.31 Å². The zero-order chi connectivity index (χ0) is 21.0. The van der Waals surface area contributed by atoms with Crippen molar-refractivity contribution in [1.29, 1.82) is 0 Å². The van der Waals surface area contributed by atoms with Crippen molar-refractivity contribution in [1.82, 2.24) is 14.3 Å². The van der Waals surface area contributed by atoms with Crippen LogP contribution in [0.1, 0.15) is 31.1 Å². The Hall–Kier alpha value is -2.91. The number of amides is 1. The lowest BCUT2D eigenvalue weighted by atomic mass is 10.2. The molecule has 2 N–H and O–H groups in total. The predicted octanol–water partition coefficient (Wildman–Crippen LogP) is 3.24. The molecule has 1 heterocycles. The fraction of sp³-hybridized carbons (Fsp3) is 0.300. The van der Waals surface area contributed by atoms with Crippen LogP contribution in [0.15, 0.2) is 47.6 Å². The van der Waals surface area contributed by atoms with Gasteiger partial charge in [0.2, 0.25) is 10.0 Å². The maximum atomic E-state index is 13.0. The second kappa shape index (κ2) is 8.62. The number of ether oxygens (including phenoxy) is 1. The smallest absolute Gasteiger partial charge is 0.255 e. The molecule has 154 valence electrons. The molecule has 0 radical (unpaired) electrons. The molecule has 0 unspecified atom stereocenters. The third-order valence-electron chi connectivity index (χ3n) is 4.51. The van der Waals surface area contributed by atoms with Gasteiger partial charge >= 0.3 is 0 Å². The van der Waals surface area contributed by atoms with E-state index in [0.29, 0.717) is 30.9 Å². The highest BCUT2D eigenvalue weighted by atomic mass is 32.2. The highest BCUT2D eigenvalue weighted by Crippen LogP contribution is 2.30. The molecular weight excluding hydrogens is 392 g/mol. The number of imidazole rings is 1. The number of hydrogen-bond acceptors (Lipinski definition) is 5. The topological polar surface area (TPSA) is 104 Å². The number of aromatic amines is 1. The summed E-state index contributed by atoms with van der Waals surface area (Å²) in [5.74, 6) is -0.0897. The third-order valence-corrected chi connectivity index (χ3v) is 6.58. The van der Waals surface area contributed by atoms with Gasteiger partial charge in [-0.15, -0.1) is 0 Å². The molecule has 0 aliphatic carbocycles. The SMILES string of the molecule is CCOc1ccc(NC(=O)c2ccc3nc[nH]c3c2)cc1S(=O)(=O)N(CC)CC. The molecule has 0 aliphatic rings. The van der Waals surface area contributed by atoms with Crippen LogP contribution < -0.4 is 10.1 Å². The Kier molecular flexibility index (Phi) is 6.19. The number of carbonyl (C=O) groups is 1. The molecule has 0 spiro atoms. The Morgan fingerprint density at radius 2 is 1.90 bits per heavy atom. The first-order chi connectivity index (χ1) is 13.9. The first kappa shape index (κ1) is 20.8. The van der Waals surface area contributed by atoms with E-state index >= 15 is 0 Å². The number of H-pyrrole nitrogens is 1. The summed E-state index contributed by atoms with van der Waals surface area (Å²) >= 11 is 0. The van der Waals surface area contributed by atoms with Crippen molar-refractivity contribution in [3.8, 4) is 5.75 Å². The highest BCUT2D eigenvalue weighted by molar-refractivity contribution is 7.89. The molecule has 0 atom stereocenters. The van der Waals surface area contributed by atoms with Crippen molar-refractivity contribution in [3.63, 3.8) is 0 Å². The van der Waals surface area contributed by atoms with Crippen molar-refractivity contribution in [2.75, 3.05) is 25.0 Å². The summed E-state index contributed by atoms with van der Waals surface area (Å²) in [5.41, 5.74) is 2.31. The monoisotopic (exact) mass is 416 g/mol. The van der Waals surface area contributed by atoms with Gasteiger partial charge in [0.05, 0.1) is 24.0 Å². The van der Waals surface area contributed by atoms with Gasteiger partial charge in [0, 0.05) is 24.3 Å². The van der Waals surface area contributed by atoms with Crippen molar-refractivity contribution in [3.05, 3.63) is 48.3 Å². The van der Waals surface area contributed by atoms with Crippen LogP contribution in [0.2, 0.25) is 0 Å². The third kappa shape index (κ3) is 4.25. The molecule has 1 amide bonds. The van der Waals surface area contributed by atoms with Crippen molar-refractivity contribution in [2.24, 2.45) is 0 Å². The summed E-state index contributed by atoms with van der Waals surface area (Å²) in [6.07, 6.45) is 1.56. The number of rotatable bonds is 8. The van der Waals surface area contributed by atoms with Gasteiger partial charge in [0.25, 0.3) is 5.91 Å². The second-order valence-corrected chi connectivity index (χ2v) is 8.18. The zero-order valence-electron chi connectivity index (χ0n) is 16.6. The summed E-state index contributed by atoms with van der Waals surface area (Å²) in [6.45, 7) is 6.35. The lowest BCUT2D eigenvalue weighted by Crippen LogP contribution is -2.31. The average Bonchev–Trinajstić information content (AvgIpc) is 3.17. The Balaban J connectivity index is 1.94. The Morgan fingerprint density at radius 1 is 1.14 bits per heavy atom. The van der Waals surface area contributed by atoms with Crippen LogP contribution in [-0.4, -0.2) is 48.3 Å². The number of benzene rings is 2. The van der Waals surface area contributed by atoms with Crippen LogP contribution in [0.5, 0.6) is 5.75 Å². The molecule has 0 saturated carbocycles. The molecule has 0 fully saturated rings. The number of sulfonamides is 1. The molecule has 3 aromatic rings. The fourth-order valence-electron chi connectivity index (χ4n) is 3.04. The Bertz CT molecular complexity index is 1120. The lowest BCUT2D eigenvalue weighted by Gasteiger charge is -2.21. The largest absolute Gasteiger partial charge is 0.492 e. The maximum absolute atomic E-state index is 13.0. The van der Waals surface area contributed by atoms with Crippen LogP contribution in [0.25, 0.3) is 11.0 Å². The van der Waals surface area contributed by atoms with Gasteiger partial charge in [0.1, 0.15) is 10.6 Å². The molecule has 2 aromatic carbocycles. The van der Waals surface area contributed by atoms with Crippen molar-refractivity contribution < 1.29 is 17.9 Å². The molecule has 3 rings (SSSR count). The number of aromatic nitrogens is 2. The average molecular weight is 417 g/mol. The number of anilines is 1. The summed E-state index contributed by atoms with van der Waals surface area (Å²) in [5, 5.41) is 2.76. The van der Waals surface area contributed by atoms with E-state index in [1.807, 2.05) is 0 Å². The van der Waals surface area contributed by atoms with Crippen LogP contribution in [0.3, 0.4) is 0 Å². The van der Waals surface area contributed by atoms with Crippen LogP contribution in [0.4, 0.5) is 5.69 Å². The van der Waals surface area contributed by atoms with E-state index in [2.05, 4.69) is 15.3 Å². The molecule has 29 heavy (non-hydrogen) atoms. The minimum atomic E-state index is -3.75. The van der Waals surface area contributed by atoms with Gasteiger partial charge in [-0.3, -0.25) is 4.79 Å². The quantitative estimate of drug-likeness (QED) is 0.587. The summed E-state index contributed by atoms with van der Waals surface area (Å²) < 4.78 is 32.9. The predicted molar refractivity (Wildman–Crippen MR) is 112 cm³/mol. The fourth-order valence-corrected chi connectivity index (χ4v) is 4.66. The van der Waals surface area contributed by atoms with E-state index in [0.717, 1.165) is 11.0 Å². The molecule has 0 aliphatic heterocycles. The molecule has 0 saturated heterocycles. The van der Waals surface area contributed by atoms with E-state index in [1.165, 1.54) is 10.4 Å². The molecule has 9 heteroatoms. The minimum Gasteiger partial charge on any atom is -0.492 e. The van der Waals surface area contributed by atoms with Crippen molar-refractivity contribution >= 4 is 32.7 Å². The normalized spacial score (nSPS) is 11.7. The summed E-state index contributed by atoms with van der Waals surface area (Å²) in [4.78, 5) is 19.8. The number of fused-ring (bicyclic) bond motifs is 1. The van der Waals surface area contributed by atoms with E-state index in [-0.39, 0.29) is 16.6 Å². The zero-order valence-corrected chi connectivity index (χ0v) is 17.4. The Labute approximate surface area is 169 Å². The van der Waals surface area contributed by atoms with Crippen LogP contribution >= 0.6 is 0 Å². The highest BCUT2D eigenvalue weighted by Gasteiger charge is 2.26. The molecule has 8 nitrogen and oxygen atoms in total. The van der Waals surface area contributed by atoms with Gasteiger partial charge in [-0.25, -0.2) is 13.4 Å². The summed E-state index contributed by atoms with van der Waals surface area (Å²) in [6, 6.07) is 9.73. The van der Waals surface area contributed by atoms with Gasteiger partial charge < -0.3 is 15.0 Å². The van der Waals surface area contributed by atoms with Gasteiger partial charge in [-0.1, -0.05) is 13.8 Å². The maximum Gasteiger partial charge on any atom is 0.255 e. The number of nitrogens with zero attached hydrogens (tertiary/aromatic N) is 2. The van der Waals surface area contributed by atoms with E-state index in [1.54, 1.807) is 57.4 Å². The number of carbonyl (C=O) groups excluding carboxylic acids is 1. The first-order valence-corrected chi connectivity index (χ1v) is 10.9. The molecular formula is C20H24N4O4S. The van der Waals surface area contributed by atoms with Gasteiger partial charge in [-0.05, 0) is 43.3 Å². The van der Waals surface area contributed by atoms with E-state index in [9.17, 15) is 13.2 Å². The first-order valence-electron chi connectivity index (χ1n) is 9.42. The Morgan fingerprint density at radius 3 is 2.59 bits per heavy atom.